The molecule has 1 unspecified atom stereocenters. The third-order valence-corrected chi connectivity index (χ3v) is 3.55. The molecule has 0 amide bonds. The zero-order chi connectivity index (χ0) is 12.5. The van der Waals surface area contributed by atoms with E-state index in [4.69, 9.17) is 4.52 Å². The number of hydrogen-bond acceptors (Lipinski definition) is 4. The normalized spacial score (nSPS) is 18.9. The van der Waals surface area contributed by atoms with Crippen LogP contribution in [0.2, 0.25) is 0 Å². The van der Waals surface area contributed by atoms with E-state index in [1.165, 1.54) is 30.4 Å². The quantitative estimate of drug-likeness (QED) is 0.897. The van der Waals surface area contributed by atoms with Crippen LogP contribution in [0.5, 0.6) is 0 Å². The van der Waals surface area contributed by atoms with Crippen LogP contribution in [-0.2, 0) is 13.0 Å². The van der Waals surface area contributed by atoms with Crippen LogP contribution in [0.3, 0.4) is 0 Å². The summed E-state index contributed by atoms with van der Waals surface area (Å²) >= 11 is 0. The highest BCUT2D eigenvalue weighted by molar-refractivity contribution is 5.30. The fourth-order valence-corrected chi connectivity index (χ4v) is 2.70. The van der Waals surface area contributed by atoms with Gasteiger partial charge in [-0.15, -0.1) is 0 Å². The summed E-state index contributed by atoms with van der Waals surface area (Å²) in [6.45, 7) is 2.50. The third kappa shape index (κ3) is 2.06. The molecule has 5 heteroatoms. The molecular formula is C13H18N4O. The van der Waals surface area contributed by atoms with Crippen molar-refractivity contribution >= 4 is 0 Å². The van der Waals surface area contributed by atoms with Crippen molar-refractivity contribution in [1.82, 2.24) is 20.0 Å². The molecule has 1 aliphatic rings. The molecule has 0 aromatic carbocycles. The van der Waals surface area contributed by atoms with Gasteiger partial charge in [0.15, 0.2) is 5.82 Å². The summed E-state index contributed by atoms with van der Waals surface area (Å²) in [6, 6.07) is 0.486. The number of aromatic nitrogens is 3. The Balaban J connectivity index is 1.84. The van der Waals surface area contributed by atoms with Gasteiger partial charge < -0.3 is 14.4 Å². The van der Waals surface area contributed by atoms with Crippen LogP contribution in [0.1, 0.15) is 41.7 Å². The summed E-state index contributed by atoms with van der Waals surface area (Å²) in [7, 11) is 2.03. The van der Waals surface area contributed by atoms with E-state index in [2.05, 4.69) is 32.4 Å². The van der Waals surface area contributed by atoms with Crippen LogP contribution in [0.25, 0.3) is 0 Å². The van der Waals surface area contributed by atoms with Crippen LogP contribution in [-0.4, -0.2) is 21.8 Å². The molecule has 2 heterocycles. The summed E-state index contributed by atoms with van der Waals surface area (Å²) in [4.78, 5) is 4.24. The zero-order valence-corrected chi connectivity index (χ0v) is 10.8. The van der Waals surface area contributed by atoms with E-state index in [1.54, 1.807) is 0 Å². The van der Waals surface area contributed by atoms with E-state index >= 15 is 0 Å². The fraction of sp³-hybridized carbons (Fsp3) is 0.538. The molecule has 5 nitrogen and oxygen atoms in total. The van der Waals surface area contributed by atoms with E-state index in [0.29, 0.717) is 24.3 Å². The topological polar surface area (TPSA) is 55.9 Å². The second kappa shape index (κ2) is 4.57. The predicted octanol–water partition coefficient (Wildman–Crippen LogP) is 1.82. The first-order valence-electron chi connectivity index (χ1n) is 6.41. The molecule has 0 fully saturated rings. The SMILES string of the molecule is CNC1CCCc2cn(Cc3nc(C)no3)cc21. The van der Waals surface area contributed by atoms with Crippen LogP contribution < -0.4 is 5.32 Å². The van der Waals surface area contributed by atoms with Crippen LogP contribution >= 0.6 is 0 Å². The minimum Gasteiger partial charge on any atom is -0.344 e. The number of fused-ring (bicyclic) bond motifs is 1. The Morgan fingerprint density at radius 1 is 1.50 bits per heavy atom. The zero-order valence-electron chi connectivity index (χ0n) is 10.8. The highest BCUT2D eigenvalue weighted by Gasteiger charge is 2.20. The van der Waals surface area contributed by atoms with Gasteiger partial charge in [-0.05, 0) is 44.4 Å². The molecule has 0 radical (unpaired) electrons. The molecule has 96 valence electrons. The van der Waals surface area contributed by atoms with E-state index in [9.17, 15) is 0 Å². The molecule has 0 aliphatic heterocycles. The lowest BCUT2D eigenvalue weighted by Gasteiger charge is -2.21. The van der Waals surface area contributed by atoms with Crippen molar-refractivity contribution in [2.75, 3.05) is 7.05 Å². The van der Waals surface area contributed by atoms with Gasteiger partial charge in [0.25, 0.3) is 0 Å². The fourth-order valence-electron chi connectivity index (χ4n) is 2.70. The van der Waals surface area contributed by atoms with Gasteiger partial charge >= 0.3 is 0 Å². The number of nitrogens with zero attached hydrogens (tertiary/aromatic N) is 3. The molecule has 18 heavy (non-hydrogen) atoms. The van der Waals surface area contributed by atoms with Crippen molar-refractivity contribution in [3.63, 3.8) is 0 Å². The maximum absolute atomic E-state index is 5.16. The van der Waals surface area contributed by atoms with Gasteiger partial charge in [-0.2, -0.15) is 4.98 Å². The Morgan fingerprint density at radius 2 is 2.39 bits per heavy atom. The molecular weight excluding hydrogens is 228 g/mol. The van der Waals surface area contributed by atoms with Gasteiger partial charge in [0.1, 0.15) is 6.54 Å². The maximum Gasteiger partial charge on any atom is 0.246 e. The average molecular weight is 246 g/mol. The average Bonchev–Trinajstić information content (AvgIpc) is 2.94. The monoisotopic (exact) mass is 246 g/mol. The highest BCUT2D eigenvalue weighted by Crippen LogP contribution is 2.30. The third-order valence-electron chi connectivity index (χ3n) is 3.55. The van der Waals surface area contributed by atoms with Crippen LogP contribution in [0.15, 0.2) is 16.9 Å². The Bertz CT molecular complexity index is 543. The molecule has 0 spiro atoms. The second-order valence-electron chi connectivity index (χ2n) is 4.88. The van der Waals surface area contributed by atoms with E-state index < -0.39 is 0 Å². The molecule has 1 atom stereocenters. The van der Waals surface area contributed by atoms with Gasteiger partial charge in [-0.25, -0.2) is 0 Å². The number of rotatable bonds is 3. The van der Waals surface area contributed by atoms with Crippen molar-refractivity contribution in [3.8, 4) is 0 Å². The Hall–Kier alpha value is -1.62. The van der Waals surface area contributed by atoms with Crippen LogP contribution in [0.4, 0.5) is 0 Å². The van der Waals surface area contributed by atoms with Gasteiger partial charge in [0.2, 0.25) is 5.89 Å². The number of hydrogen-bond donors (Lipinski definition) is 1. The molecule has 0 saturated heterocycles. The van der Waals surface area contributed by atoms with Crippen molar-refractivity contribution in [2.45, 2.75) is 38.8 Å². The Labute approximate surface area is 106 Å². The lowest BCUT2D eigenvalue weighted by atomic mass is 9.91. The lowest BCUT2D eigenvalue weighted by molar-refractivity contribution is 0.367. The Morgan fingerprint density at radius 3 is 3.11 bits per heavy atom. The first kappa shape index (κ1) is 11.5. The maximum atomic E-state index is 5.16. The van der Waals surface area contributed by atoms with Crippen LogP contribution in [0, 0.1) is 6.92 Å². The van der Waals surface area contributed by atoms with Gasteiger partial charge in [-0.1, -0.05) is 5.16 Å². The van der Waals surface area contributed by atoms with Crippen molar-refractivity contribution in [1.29, 1.82) is 0 Å². The lowest BCUT2D eigenvalue weighted by Crippen LogP contribution is -2.20. The molecule has 2 aromatic rings. The molecule has 1 N–H and O–H groups in total. The van der Waals surface area contributed by atoms with Gasteiger partial charge in [-0.3, -0.25) is 0 Å². The molecule has 0 saturated carbocycles. The second-order valence-corrected chi connectivity index (χ2v) is 4.88. The summed E-state index contributed by atoms with van der Waals surface area (Å²) in [5.41, 5.74) is 2.86. The minimum absolute atomic E-state index is 0.486. The van der Waals surface area contributed by atoms with Gasteiger partial charge in [0.05, 0.1) is 0 Å². The van der Waals surface area contributed by atoms with E-state index in [0.717, 1.165) is 0 Å². The van der Waals surface area contributed by atoms with Gasteiger partial charge in [0, 0.05) is 18.4 Å². The van der Waals surface area contributed by atoms with Crippen molar-refractivity contribution in [2.24, 2.45) is 0 Å². The first-order valence-corrected chi connectivity index (χ1v) is 6.41. The molecule has 0 bridgehead atoms. The number of nitrogens with one attached hydrogen (secondary N) is 1. The molecule has 3 rings (SSSR count). The summed E-state index contributed by atoms with van der Waals surface area (Å²) in [5.74, 6) is 1.36. The van der Waals surface area contributed by atoms with Crippen molar-refractivity contribution in [3.05, 3.63) is 35.2 Å². The molecule has 1 aliphatic carbocycles. The largest absolute Gasteiger partial charge is 0.344 e. The predicted molar refractivity (Wildman–Crippen MR) is 67.3 cm³/mol. The number of aryl methyl sites for hydroxylation is 2. The van der Waals surface area contributed by atoms with E-state index in [1.807, 2.05) is 14.0 Å². The van der Waals surface area contributed by atoms with Crippen molar-refractivity contribution < 1.29 is 4.52 Å². The van der Waals surface area contributed by atoms with E-state index in [-0.39, 0.29) is 0 Å². The minimum atomic E-state index is 0.486. The summed E-state index contributed by atoms with van der Waals surface area (Å²) in [6.07, 6.45) is 8.05. The molecule has 2 aromatic heterocycles. The standard InChI is InChI=1S/C13H18N4O/c1-9-15-13(18-16-9)8-17-6-10-4-3-5-12(14-2)11(10)7-17/h6-7,12,14H,3-5,8H2,1-2H3. The highest BCUT2D eigenvalue weighted by atomic mass is 16.5. The Kier molecular flexibility index (Phi) is 2.91. The summed E-state index contributed by atoms with van der Waals surface area (Å²) < 4.78 is 7.30. The first-order chi connectivity index (χ1) is 8.76. The summed E-state index contributed by atoms with van der Waals surface area (Å²) in [5, 5.41) is 7.19. The smallest absolute Gasteiger partial charge is 0.246 e.